The molecule has 4 heteroatoms. The van der Waals surface area contributed by atoms with Crippen LogP contribution in [0, 0.1) is 0 Å². The van der Waals surface area contributed by atoms with Crippen LogP contribution in [0.25, 0.3) is 0 Å². The summed E-state index contributed by atoms with van der Waals surface area (Å²) in [5.74, 6) is -0.401. The third kappa shape index (κ3) is 2.56. The van der Waals surface area contributed by atoms with E-state index in [-0.39, 0.29) is 46.7 Å². The Morgan fingerprint density at radius 1 is 0.469 bits per heavy atom. The molecule has 0 saturated heterocycles. The van der Waals surface area contributed by atoms with Crippen molar-refractivity contribution in [2.75, 3.05) is 0 Å². The Kier molecular flexibility index (Phi) is 3.99. The van der Waals surface area contributed by atoms with Gasteiger partial charge in [-0.25, -0.2) is 0 Å². The second-order valence-corrected chi connectivity index (χ2v) is 8.76. The van der Waals surface area contributed by atoms with Crippen molar-refractivity contribution in [2.45, 2.75) is 23.7 Å². The van der Waals surface area contributed by atoms with Crippen LogP contribution in [0.15, 0.2) is 84.9 Å². The smallest absolute Gasteiger partial charge is 0.123 e. The fourth-order valence-electron chi connectivity index (χ4n) is 6.11. The van der Waals surface area contributed by atoms with Crippen molar-refractivity contribution in [2.24, 2.45) is 0 Å². The molecule has 0 aliphatic heterocycles. The first-order chi connectivity index (χ1) is 15.5. The van der Waals surface area contributed by atoms with Crippen LogP contribution in [0.3, 0.4) is 0 Å². The Hall–Kier alpha value is -3.92. The van der Waals surface area contributed by atoms with Crippen molar-refractivity contribution in [3.05, 3.63) is 118 Å². The molecule has 0 spiro atoms. The molecule has 6 rings (SSSR count). The van der Waals surface area contributed by atoms with Crippen molar-refractivity contribution < 1.29 is 20.4 Å². The number of phenolic OH excluding ortho intramolecular Hbond substituents is 4. The van der Waals surface area contributed by atoms with Gasteiger partial charge in [-0.15, -0.1) is 0 Å². The molecule has 2 aliphatic rings. The monoisotopic (exact) mass is 422 g/mol. The van der Waals surface area contributed by atoms with Crippen LogP contribution >= 0.6 is 0 Å². The summed E-state index contributed by atoms with van der Waals surface area (Å²) in [4.78, 5) is 0. The van der Waals surface area contributed by atoms with Crippen molar-refractivity contribution in [3.8, 4) is 23.0 Å². The number of aromatic hydroxyl groups is 4. The molecule has 4 N–H and O–H groups in total. The number of hydrogen-bond acceptors (Lipinski definition) is 4. The lowest BCUT2D eigenvalue weighted by Crippen LogP contribution is -2.10. The maximum atomic E-state index is 11.0. The standard InChI is InChI=1S/C28H22O4/c29-17-11-19-25(21(31)13-17)23(15-7-3-1-4-8-15)27-20-12-18(30)14-22(32)26(20)24(28(19)27)16-9-5-2-6-10-16/h1-14,23-24,27-32H/t23-,24-,27+,28+/m1/s1. The molecule has 0 radical (unpaired) electrons. The predicted molar refractivity (Wildman–Crippen MR) is 122 cm³/mol. The second kappa shape index (κ2) is 6.79. The quantitative estimate of drug-likeness (QED) is 0.336. The van der Waals surface area contributed by atoms with Crippen LogP contribution < -0.4 is 0 Å². The van der Waals surface area contributed by atoms with E-state index in [1.165, 1.54) is 12.1 Å². The molecule has 0 bridgehead atoms. The van der Waals surface area contributed by atoms with E-state index in [1.807, 2.05) is 60.7 Å². The van der Waals surface area contributed by atoms with E-state index < -0.39 is 0 Å². The first kappa shape index (κ1) is 18.8. The summed E-state index contributed by atoms with van der Waals surface area (Å²) in [7, 11) is 0. The normalized spacial score (nSPS) is 22.9. The zero-order valence-corrected chi connectivity index (χ0v) is 17.2. The van der Waals surface area contributed by atoms with Crippen molar-refractivity contribution >= 4 is 0 Å². The molecule has 4 atom stereocenters. The van der Waals surface area contributed by atoms with Crippen molar-refractivity contribution in [1.82, 2.24) is 0 Å². The molecule has 4 aromatic rings. The molecule has 2 aliphatic carbocycles. The number of benzene rings is 4. The van der Waals surface area contributed by atoms with Gasteiger partial charge in [0, 0.05) is 46.9 Å². The predicted octanol–water partition coefficient (Wildman–Crippen LogP) is 5.67. The third-order valence-corrected chi connectivity index (χ3v) is 7.11. The van der Waals surface area contributed by atoms with Crippen molar-refractivity contribution in [3.63, 3.8) is 0 Å². The van der Waals surface area contributed by atoms with E-state index in [1.54, 1.807) is 12.1 Å². The Morgan fingerprint density at radius 2 is 0.844 bits per heavy atom. The summed E-state index contributed by atoms with van der Waals surface area (Å²) in [5.41, 5.74) is 5.46. The molecule has 4 aromatic carbocycles. The fraction of sp³-hybridized carbons (Fsp3) is 0.143. The van der Waals surface area contributed by atoms with Gasteiger partial charge in [-0.05, 0) is 34.4 Å². The van der Waals surface area contributed by atoms with Crippen LogP contribution in [-0.4, -0.2) is 20.4 Å². The van der Waals surface area contributed by atoms with Crippen LogP contribution in [-0.2, 0) is 0 Å². The Bertz CT molecular complexity index is 1230. The van der Waals surface area contributed by atoms with Gasteiger partial charge in [0.15, 0.2) is 0 Å². The van der Waals surface area contributed by atoms with Gasteiger partial charge < -0.3 is 20.4 Å². The summed E-state index contributed by atoms with van der Waals surface area (Å²) >= 11 is 0. The minimum atomic E-state index is -0.175. The Balaban J connectivity index is 1.69. The van der Waals surface area contributed by atoms with E-state index in [0.717, 1.165) is 33.4 Å². The van der Waals surface area contributed by atoms with Gasteiger partial charge in [-0.2, -0.15) is 0 Å². The van der Waals surface area contributed by atoms with Gasteiger partial charge in [0.1, 0.15) is 23.0 Å². The molecule has 0 saturated carbocycles. The minimum absolute atomic E-state index is 0.0172. The summed E-state index contributed by atoms with van der Waals surface area (Å²) < 4.78 is 0. The molecular formula is C28H22O4. The van der Waals surface area contributed by atoms with E-state index >= 15 is 0 Å². The highest BCUT2D eigenvalue weighted by Crippen LogP contribution is 2.69. The van der Waals surface area contributed by atoms with E-state index in [9.17, 15) is 20.4 Å². The first-order valence-corrected chi connectivity index (χ1v) is 10.8. The average molecular weight is 422 g/mol. The van der Waals surface area contributed by atoms with Gasteiger partial charge in [-0.3, -0.25) is 0 Å². The van der Waals surface area contributed by atoms with Crippen LogP contribution in [0.5, 0.6) is 23.0 Å². The minimum Gasteiger partial charge on any atom is -0.508 e. The lowest BCUT2D eigenvalue weighted by atomic mass is 9.79. The molecule has 0 heterocycles. The largest absolute Gasteiger partial charge is 0.508 e. The van der Waals surface area contributed by atoms with Gasteiger partial charge in [0.25, 0.3) is 0 Å². The molecule has 0 unspecified atom stereocenters. The maximum absolute atomic E-state index is 11.0. The van der Waals surface area contributed by atoms with Crippen LogP contribution in [0.2, 0.25) is 0 Å². The zero-order chi connectivity index (χ0) is 22.0. The Labute approximate surface area is 185 Å². The molecule has 0 fully saturated rings. The van der Waals surface area contributed by atoms with Gasteiger partial charge in [-0.1, -0.05) is 60.7 Å². The highest BCUT2D eigenvalue weighted by molar-refractivity contribution is 5.68. The average Bonchev–Trinajstić information content (AvgIpc) is 3.29. The summed E-state index contributed by atoms with van der Waals surface area (Å²) in [6, 6.07) is 26.3. The van der Waals surface area contributed by atoms with E-state index in [2.05, 4.69) is 0 Å². The van der Waals surface area contributed by atoms with E-state index in [0.29, 0.717) is 0 Å². The third-order valence-electron chi connectivity index (χ3n) is 7.11. The molecule has 0 amide bonds. The lowest BCUT2D eigenvalue weighted by molar-refractivity contribution is 0.443. The molecule has 158 valence electrons. The molecular weight excluding hydrogens is 400 g/mol. The van der Waals surface area contributed by atoms with E-state index in [4.69, 9.17) is 0 Å². The summed E-state index contributed by atoms with van der Waals surface area (Å²) in [6.45, 7) is 0. The van der Waals surface area contributed by atoms with Gasteiger partial charge >= 0.3 is 0 Å². The zero-order valence-electron chi connectivity index (χ0n) is 17.2. The highest BCUT2D eigenvalue weighted by Gasteiger charge is 2.54. The van der Waals surface area contributed by atoms with Crippen LogP contribution in [0.4, 0.5) is 0 Å². The first-order valence-electron chi connectivity index (χ1n) is 10.8. The van der Waals surface area contributed by atoms with Gasteiger partial charge in [0.2, 0.25) is 0 Å². The SMILES string of the molecule is Oc1cc(O)c2c(c1)[C@H]1[C@H](c3ccccc3)c3c(O)cc(O)cc3[C@H]1[C@@H]2c1ccccc1. The molecule has 0 aromatic heterocycles. The number of hydrogen-bond donors (Lipinski definition) is 4. The highest BCUT2D eigenvalue weighted by atomic mass is 16.3. The number of fused-ring (bicyclic) bond motifs is 5. The number of rotatable bonds is 2. The lowest BCUT2D eigenvalue weighted by Gasteiger charge is -2.23. The molecule has 32 heavy (non-hydrogen) atoms. The second-order valence-electron chi connectivity index (χ2n) is 8.76. The summed E-state index contributed by atoms with van der Waals surface area (Å²) in [6.07, 6.45) is 0. The summed E-state index contributed by atoms with van der Waals surface area (Å²) in [5, 5.41) is 42.7. The Morgan fingerprint density at radius 3 is 1.22 bits per heavy atom. The van der Waals surface area contributed by atoms with Crippen molar-refractivity contribution in [1.29, 1.82) is 0 Å². The molecule has 4 nitrogen and oxygen atoms in total. The maximum Gasteiger partial charge on any atom is 0.123 e. The number of phenols is 4. The van der Waals surface area contributed by atoms with Crippen LogP contribution in [0.1, 0.15) is 57.1 Å². The van der Waals surface area contributed by atoms with Gasteiger partial charge in [0.05, 0.1) is 0 Å². The fourth-order valence-corrected chi connectivity index (χ4v) is 6.11. The topological polar surface area (TPSA) is 80.9 Å².